The largest absolute Gasteiger partial charge is 0.375 e. The van der Waals surface area contributed by atoms with E-state index in [9.17, 15) is 10.1 Å². The predicted octanol–water partition coefficient (Wildman–Crippen LogP) is 3.24. The van der Waals surface area contributed by atoms with Crippen molar-refractivity contribution in [1.29, 1.82) is 0 Å². The smallest absolute Gasteiger partial charge is 0.292 e. The van der Waals surface area contributed by atoms with E-state index >= 15 is 0 Å². The molecular weight excluding hydrogens is 268 g/mol. The van der Waals surface area contributed by atoms with Gasteiger partial charge in [0.1, 0.15) is 5.69 Å². The first-order chi connectivity index (χ1) is 9.79. The van der Waals surface area contributed by atoms with E-state index in [1.54, 1.807) is 22.9 Å². The number of benzene rings is 1. The molecule has 0 fully saturated rings. The van der Waals surface area contributed by atoms with Crippen molar-refractivity contribution < 1.29 is 4.92 Å². The molecule has 0 aliphatic rings. The third-order valence-corrected chi connectivity index (χ3v) is 3.19. The Hall–Kier alpha value is -2.37. The van der Waals surface area contributed by atoms with E-state index in [1.807, 2.05) is 13.2 Å². The molecule has 0 spiro atoms. The summed E-state index contributed by atoms with van der Waals surface area (Å²) in [5.74, 6) is 0. The highest BCUT2D eigenvalue weighted by Gasteiger charge is 2.22. The molecule has 1 aromatic heterocycles. The van der Waals surface area contributed by atoms with Crippen LogP contribution in [0.4, 0.5) is 11.4 Å². The normalized spacial score (nSPS) is 11.4. The van der Waals surface area contributed by atoms with Crippen LogP contribution in [0.2, 0.25) is 0 Å². The summed E-state index contributed by atoms with van der Waals surface area (Å²) in [7, 11) is 1.88. The average Bonchev–Trinajstić information content (AvgIpc) is 2.78. The van der Waals surface area contributed by atoms with Crippen LogP contribution in [-0.2, 0) is 19.0 Å². The molecule has 0 bridgehead atoms. The molecule has 1 aromatic carbocycles. The number of para-hydroxylation sites is 2. The van der Waals surface area contributed by atoms with Gasteiger partial charge in [0, 0.05) is 36.8 Å². The maximum absolute atomic E-state index is 11.0. The van der Waals surface area contributed by atoms with Gasteiger partial charge >= 0.3 is 0 Å². The van der Waals surface area contributed by atoms with Gasteiger partial charge in [0.25, 0.3) is 5.69 Å². The van der Waals surface area contributed by atoms with Crippen LogP contribution in [0, 0.1) is 10.1 Å². The van der Waals surface area contributed by atoms with E-state index in [4.69, 9.17) is 0 Å². The van der Waals surface area contributed by atoms with Gasteiger partial charge in [0.15, 0.2) is 0 Å². The lowest BCUT2D eigenvalue weighted by atomic mass is 9.89. The molecule has 6 heteroatoms. The first-order valence-corrected chi connectivity index (χ1v) is 6.79. The Kier molecular flexibility index (Phi) is 3.97. The summed E-state index contributed by atoms with van der Waals surface area (Å²) < 4.78 is 1.77. The lowest BCUT2D eigenvalue weighted by Crippen LogP contribution is -2.16. The zero-order valence-electron chi connectivity index (χ0n) is 12.8. The minimum absolute atomic E-state index is 0.0686. The van der Waals surface area contributed by atoms with Crippen molar-refractivity contribution in [2.75, 3.05) is 5.32 Å². The number of nitrogens with one attached hydrogen (secondary N) is 1. The molecule has 2 rings (SSSR count). The number of hydrogen-bond acceptors (Lipinski definition) is 4. The van der Waals surface area contributed by atoms with Crippen LogP contribution in [-0.4, -0.2) is 14.7 Å². The molecule has 1 heterocycles. The highest BCUT2D eigenvalue weighted by Crippen LogP contribution is 2.27. The second kappa shape index (κ2) is 5.55. The highest BCUT2D eigenvalue weighted by atomic mass is 16.6. The molecule has 0 aliphatic carbocycles. The van der Waals surface area contributed by atoms with E-state index in [1.165, 1.54) is 6.07 Å². The third kappa shape index (κ3) is 3.39. The van der Waals surface area contributed by atoms with Crippen LogP contribution in [0.3, 0.4) is 0 Å². The zero-order valence-corrected chi connectivity index (χ0v) is 12.8. The fourth-order valence-corrected chi connectivity index (χ4v) is 2.27. The number of rotatable bonds is 4. The van der Waals surface area contributed by atoms with Crippen molar-refractivity contribution in [3.05, 3.63) is 51.8 Å². The fourth-order valence-electron chi connectivity index (χ4n) is 2.27. The van der Waals surface area contributed by atoms with Crippen LogP contribution >= 0.6 is 0 Å². The summed E-state index contributed by atoms with van der Waals surface area (Å²) in [5.41, 5.74) is 2.57. The van der Waals surface area contributed by atoms with Gasteiger partial charge in [-0.3, -0.25) is 14.8 Å². The minimum Gasteiger partial charge on any atom is -0.375 e. The second-order valence-electron chi connectivity index (χ2n) is 6.05. The number of hydrogen-bond donors (Lipinski definition) is 1. The van der Waals surface area contributed by atoms with Crippen LogP contribution < -0.4 is 5.32 Å². The lowest BCUT2D eigenvalue weighted by Gasteiger charge is -2.17. The predicted molar refractivity (Wildman–Crippen MR) is 82.3 cm³/mol. The first-order valence-electron chi connectivity index (χ1n) is 6.79. The Morgan fingerprint density at radius 2 is 2.00 bits per heavy atom. The summed E-state index contributed by atoms with van der Waals surface area (Å²) in [5, 5.41) is 18.6. The average molecular weight is 288 g/mol. The SMILES string of the molecule is Cn1cc(CNc2ccccc2[N+](=O)[O-])c(C(C)(C)C)n1. The molecule has 0 amide bonds. The van der Waals surface area contributed by atoms with Gasteiger partial charge in [0.2, 0.25) is 0 Å². The molecule has 0 unspecified atom stereocenters. The van der Waals surface area contributed by atoms with E-state index in [2.05, 4.69) is 31.2 Å². The van der Waals surface area contributed by atoms with E-state index in [0.29, 0.717) is 12.2 Å². The molecule has 0 aliphatic heterocycles. The number of aromatic nitrogens is 2. The molecule has 6 nitrogen and oxygen atoms in total. The van der Waals surface area contributed by atoms with Crippen LogP contribution in [0.25, 0.3) is 0 Å². The zero-order chi connectivity index (χ0) is 15.6. The van der Waals surface area contributed by atoms with Gasteiger partial charge in [-0.1, -0.05) is 32.9 Å². The third-order valence-electron chi connectivity index (χ3n) is 3.19. The van der Waals surface area contributed by atoms with Crippen molar-refractivity contribution >= 4 is 11.4 Å². The molecule has 0 atom stereocenters. The second-order valence-corrected chi connectivity index (χ2v) is 6.05. The molecular formula is C15H20N4O2. The van der Waals surface area contributed by atoms with Crippen molar-refractivity contribution in [1.82, 2.24) is 9.78 Å². The van der Waals surface area contributed by atoms with E-state index in [0.717, 1.165) is 11.3 Å². The molecule has 2 aromatic rings. The number of nitrogens with zero attached hydrogens (tertiary/aromatic N) is 3. The van der Waals surface area contributed by atoms with Crippen molar-refractivity contribution in [3.63, 3.8) is 0 Å². The standard InChI is InChI=1S/C15H20N4O2/c1-15(2,3)14-11(10-18(4)17-14)9-16-12-7-5-6-8-13(12)19(20)21/h5-8,10,16H,9H2,1-4H3. The van der Waals surface area contributed by atoms with Crippen LogP contribution in [0.1, 0.15) is 32.0 Å². The van der Waals surface area contributed by atoms with Gasteiger partial charge in [-0.15, -0.1) is 0 Å². The van der Waals surface area contributed by atoms with Crippen LogP contribution in [0.15, 0.2) is 30.5 Å². The highest BCUT2D eigenvalue weighted by molar-refractivity contribution is 5.61. The molecule has 0 radical (unpaired) electrons. The Morgan fingerprint density at radius 3 is 2.62 bits per heavy atom. The van der Waals surface area contributed by atoms with Crippen LogP contribution in [0.5, 0.6) is 0 Å². The molecule has 0 saturated carbocycles. The van der Waals surface area contributed by atoms with E-state index < -0.39 is 0 Å². The minimum atomic E-state index is -0.379. The summed E-state index contributed by atoms with van der Waals surface area (Å²) in [6, 6.07) is 6.65. The van der Waals surface area contributed by atoms with Gasteiger partial charge in [-0.05, 0) is 6.07 Å². The summed E-state index contributed by atoms with van der Waals surface area (Å²) in [6.45, 7) is 6.81. The maximum atomic E-state index is 11.0. The van der Waals surface area contributed by atoms with Crippen molar-refractivity contribution in [2.45, 2.75) is 32.7 Å². The van der Waals surface area contributed by atoms with Crippen molar-refractivity contribution in [2.24, 2.45) is 7.05 Å². The van der Waals surface area contributed by atoms with E-state index in [-0.39, 0.29) is 16.0 Å². The van der Waals surface area contributed by atoms with Crippen molar-refractivity contribution in [3.8, 4) is 0 Å². The molecule has 1 N–H and O–H groups in total. The molecule has 21 heavy (non-hydrogen) atoms. The van der Waals surface area contributed by atoms with Gasteiger partial charge in [-0.2, -0.15) is 5.10 Å². The van der Waals surface area contributed by atoms with Gasteiger partial charge in [-0.25, -0.2) is 0 Å². The summed E-state index contributed by atoms with van der Waals surface area (Å²) >= 11 is 0. The Labute approximate surface area is 123 Å². The lowest BCUT2D eigenvalue weighted by molar-refractivity contribution is -0.384. The number of nitro benzene ring substituents is 1. The summed E-state index contributed by atoms with van der Waals surface area (Å²) in [4.78, 5) is 10.6. The Morgan fingerprint density at radius 1 is 1.33 bits per heavy atom. The molecule has 0 saturated heterocycles. The van der Waals surface area contributed by atoms with Gasteiger partial charge < -0.3 is 5.32 Å². The Bertz CT molecular complexity index is 656. The number of nitro groups is 1. The monoisotopic (exact) mass is 288 g/mol. The Balaban J connectivity index is 2.24. The van der Waals surface area contributed by atoms with Gasteiger partial charge in [0.05, 0.1) is 10.6 Å². The first kappa shape index (κ1) is 15.0. The quantitative estimate of drug-likeness (QED) is 0.692. The summed E-state index contributed by atoms with van der Waals surface area (Å²) in [6.07, 6.45) is 1.95. The maximum Gasteiger partial charge on any atom is 0.292 e. The number of anilines is 1. The number of aryl methyl sites for hydroxylation is 1. The molecule has 112 valence electrons. The topological polar surface area (TPSA) is 73.0 Å². The fraction of sp³-hybridized carbons (Fsp3) is 0.400.